The van der Waals surface area contributed by atoms with E-state index in [0.717, 1.165) is 5.75 Å². The zero-order valence-corrected chi connectivity index (χ0v) is 11.1. The number of rotatable bonds is 5. The molecule has 4 heteroatoms. The number of hydrogen-bond donors (Lipinski definition) is 2. The van der Waals surface area contributed by atoms with E-state index in [0.29, 0.717) is 13.0 Å². The van der Waals surface area contributed by atoms with E-state index in [-0.39, 0.29) is 5.41 Å². The first-order valence-corrected chi connectivity index (χ1v) is 6.02. The van der Waals surface area contributed by atoms with Gasteiger partial charge in [-0.2, -0.15) is 0 Å². The maximum atomic E-state index is 10.5. The highest BCUT2D eigenvalue weighted by atomic mass is 16.5. The van der Waals surface area contributed by atoms with Gasteiger partial charge in [-0.25, -0.2) is 0 Å². The Labute approximate surface area is 108 Å². The summed E-state index contributed by atoms with van der Waals surface area (Å²) in [5.74, 6) is -0.262. The van der Waals surface area contributed by atoms with E-state index in [1.807, 2.05) is 24.3 Å². The molecule has 0 saturated heterocycles. The van der Waals surface area contributed by atoms with Crippen molar-refractivity contribution in [3.05, 3.63) is 29.8 Å². The molecule has 1 unspecified atom stereocenters. The van der Waals surface area contributed by atoms with Gasteiger partial charge in [0.15, 0.2) is 0 Å². The summed E-state index contributed by atoms with van der Waals surface area (Å²) in [5, 5.41) is 8.62. The summed E-state index contributed by atoms with van der Waals surface area (Å²) in [7, 11) is 0. The normalized spacial score (nSPS) is 13.1. The summed E-state index contributed by atoms with van der Waals surface area (Å²) in [6, 6.07) is 6.97. The molecule has 1 aromatic rings. The van der Waals surface area contributed by atoms with Gasteiger partial charge in [0.2, 0.25) is 0 Å². The Morgan fingerprint density at radius 2 is 1.89 bits per heavy atom. The molecule has 3 N–H and O–H groups in total. The minimum Gasteiger partial charge on any atom is -0.494 e. The number of carboxylic acid groups (broad SMARTS) is 1. The van der Waals surface area contributed by atoms with Crippen LogP contribution >= 0.6 is 0 Å². The molecule has 1 aromatic carbocycles. The molecule has 0 aromatic heterocycles. The van der Waals surface area contributed by atoms with Crippen molar-refractivity contribution in [1.82, 2.24) is 0 Å². The molecule has 0 amide bonds. The fraction of sp³-hybridized carbons (Fsp3) is 0.500. The largest absolute Gasteiger partial charge is 0.494 e. The Morgan fingerprint density at radius 3 is 2.33 bits per heavy atom. The van der Waals surface area contributed by atoms with Gasteiger partial charge >= 0.3 is 5.97 Å². The molecule has 0 aliphatic carbocycles. The van der Waals surface area contributed by atoms with Gasteiger partial charge < -0.3 is 15.6 Å². The van der Waals surface area contributed by atoms with E-state index < -0.39 is 12.0 Å². The number of hydrogen-bond acceptors (Lipinski definition) is 3. The van der Waals surface area contributed by atoms with Gasteiger partial charge in [-0.15, -0.1) is 0 Å². The molecule has 0 saturated carbocycles. The van der Waals surface area contributed by atoms with Crippen LogP contribution in [0.15, 0.2) is 24.3 Å². The molecule has 4 nitrogen and oxygen atoms in total. The summed E-state index contributed by atoms with van der Waals surface area (Å²) in [4.78, 5) is 10.5. The first-order valence-electron chi connectivity index (χ1n) is 6.02. The molecule has 18 heavy (non-hydrogen) atoms. The molecular weight excluding hydrogens is 230 g/mol. The van der Waals surface area contributed by atoms with Crippen molar-refractivity contribution >= 4 is 5.97 Å². The van der Waals surface area contributed by atoms with Gasteiger partial charge in [0, 0.05) is 6.42 Å². The lowest BCUT2D eigenvalue weighted by atomic mass is 9.87. The molecular formula is C14H21NO3. The number of nitrogens with two attached hydrogens (primary N) is 1. The Bertz CT molecular complexity index is 392. The SMILES string of the molecule is CC(C)(C)c1ccc(OCCC(N)C(=O)O)cc1. The predicted molar refractivity (Wildman–Crippen MR) is 70.9 cm³/mol. The van der Waals surface area contributed by atoms with Gasteiger partial charge in [0.05, 0.1) is 6.61 Å². The summed E-state index contributed by atoms with van der Waals surface area (Å²) in [5.41, 5.74) is 6.73. The summed E-state index contributed by atoms with van der Waals surface area (Å²) >= 11 is 0. The van der Waals surface area contributed by atoms with E-state index in [1.54, 1.807) is 0 Å². The molecule has 0 bridgehead atoms. The summed E-state index contributed by atoms with van der Waals surface area (Å²) < 4.78 is 5.45. The van der Waals surface area contributed by atoms with E-state index in [2.05, 4.69) is 20.8 Å². The highest BCUT2D eigenvalue weighted by Gasteiger charge is 2.13. The summed E-state index contributed by atoms with van der Waals surface area (Å²) in [6.45, 7) is 6.75. The number of aliphatic carboxylic acids is 1. The first-order chi connectivity index (χ1) is 8.30. The van der Waals surface area contributed by atoms with Gasteiger partial charge in [-0.3, -0.25) is 4.79 Å². The van der Waals surface area contributed by atoms with Gasteiger partial charge in [0.25, 0.3) is 0 Å². The molecule has 0 aliphatic rings. The van der Waals surface area contributed by atoms with Crippen LogP contribution in [-0.4, -0.2) is 23.7 Å². The van der Waals surface area contributed by atoms with Crippen LogP contribution < -0.4 is 10.5 Å². The second kappa shape index (κ2) is 5.87. The van der Waals surface area contributed by atoms with Gasteiger partial charge in [-0.1, -0.05) is 32.9 Å². The van der Waals surface area contributed by atoms with Crippen molar-refractivity contribution in [3.8, 4) is 5.75 Å². The molecule has 1 rings (SSSR count). The van der Waals surface area contributed by atoms with Crippen LogP contribution in [0.1, 0.15) is 32.8 Å². The first kappa shape index (κ1) is 14.5. The van der Waals surface area contributed by atoms with Crippen LogP contribution in [-0.2, 0) is 10.2 Å². The zero-order valence-electron chi connectivity index (χ0n) is 11.1. The lowest BCUT2D eigenvalue weighted by Crippen LogP contribution is -2.31. The molecule has 0 radical (unpaired) electrons. The Morgan fingerprint density at radius 1 is 1.33 bits per heavy atom. The van der Waals surface area contributed by atoms with Crippen LogP contribution in [0.2, 0.25) is 0 Å². The molecule has 100 valence electrons. The monoisotopic (exact) mass is 251 g/mol. The minimum absolute atomic E-state index is 0.115. The van der Waals surface area contributed by atoms with Gasteiger partial charge in [0.1, 0.15) is 11.8 Å². The highest BCUT2D eigenvalue weighted by molar-refractivity contribution is 5.72. The Hall–Kier alpha value is -1.55. The number of benzene rings is 1. The van der Waals surface area contributed by atoms with Gasteiger partial charge in [-0.05, 0) is 23.1 Å². The lowest BCUT2D eigenvalue weighted by molar-refractivity contribution is -0.138. The van der Waals surface area contributed by atoms with Crippen LogP contribution in [0.4, 0.5) is 0 Å². The predicted octanol–water partition coefficient (Wildman–Crippen LogP) is 2.16. The van der Waals surface area contributed by atoms with Crippen LogP contribution in [0.5, 0.6) is 5.75 Å². The summed E-state index contributed by atoms with van der Waals surface area (Å²) in [6.07, 6.45) is 0.302. The fourth-order valence-corrected chi connectivity index (χ4v) is 1.48. The Kier molecular flexibility index (Phi) is 4.73. The molecule has 0 fully saturated rings. The molecule has 1 atom stereocenters. The van der Waals surface area contributed by atoms with Crippen LogP contribution in [0.3, 0.4) is 0 Å². The number of ether oxygens (including phenoxy) is 1. The van der Waals surface area contributed by atoms with Crippen molar-refractivity contribution in [3.63, 3.8) is 0 Å². The average Bonchev–Trinajstić information content (AvgIpc) is 2.28. The topological polar surface area (TPSA) is 72.5 Å². The third-order valence-corrected chi connectivity index (χ3v) is 2.74. The fourth-order valence-electron chi connectivity index (χ4n) is 1.48. The molecule has 0 spiro atoms. The van der Waals surface area contributed by atoms with E-state index in [1.165, 1.54) is 5.56 Å². The Balaban J connectivity index is 2.47. The van der Waals surface area contributed by atoms with E-state index in [9.17, 15) is 4.79 Å². The number of carbonyl (C=O) groups is 1. The second-order valence-corrected chi connectivity index (χ2v) is 5.36. The molecule has 0 aliphatic heterocycles. The smallest absolute Gasteiger partial charge is 0.320 e. The second-order valence-electron chi connectivity index (χ2n) is 5.36. The zero-order chi connectivity index (χ0) is 13.8. The third kappa shape index (κ3) is 4.37. The lowest BCUT2D eigenvalue weighted by Gasteiger charge is -2.19. The van der Waals surface area contributed by atoms with Crippen LogP contribution in [0.25, 0.3) is 0 Å². The molecule has 0 heterocycles. The van der Waals surface area contributed by atoms with Crippen molar-refractivity contribution in [2.24, 2.45) is 5.73 Å². The maximum Gasteiger partial charge on any atom is 0.320 e. The highest BCUT2D eigenvalue weighted by Crippen LogP contribution is 2.24. The van der Waals surface area contributed by atoms with Crippen molar-refractivity contribution in [2.75, 3.05) is 6.61 Å². The van der Waals surface area contributed by atoms with E-state index in [4.69, 9.17) is 15.6 Å². The van der Waals surface area contributed by atoms with Crippen molar-refractivity contribution in [1.29, 1.82) is 0 Å². The minimum atomic E-state index is -0.998. The maximum absolute atomic E-state index is 10.5. The van der Waals surface area contributed by atoms with E-state index >= 15 is 0 Å². The van der Waals surface area contributed by atoms with Crippen LogP contribution in [0, 0.1) is 0 Å². The van der Waals surface area contributed by atoms with Crippen molar-refractivity contribution in [2.45, 2.75) is 38.6 Å². The quantitative estimate of drug-likeness (QED) is 0.841. The standard InChI is InChI=1S/C14H21NO3/c1-14(2,3)10-4-6-11(7-5-10)18-9-8-12(15)13(16)17/h4-7,12H,8-9,15H2,1-3H3,(H,16,17). The third-order valence-electron chi connectivity index (χ3n) is 2.74. The van der Waals surface area contributed by atoms with Crippen molar-refractivity contribution < 1.29 is 14.6 Å². The number of carboxylic acids is 1. The average molecular weight is 251 g/mol.